The van der Waals surface area contributed by atoms with Crippen molar-refractivity contribution < 1.29 is 14.6 Å². The molecule has 0 aliphatic rings. The normalized spacial score (nSPS) is 12.5. The van der Waals surface area contributed by atoms with E-state index in [4.69, 9.17) is 9.47 Å². The topological polar surface area (TPSA) is 50.7 Å². The fourth-order valence-electron chi connectivity index (χ4n) is 1.78. The molecular formula is C17H29NO3. The Hall–Kier alpha value is -1.26. The van der Waals surface area contributed by atoms with Gasteiger partial charge in [-0.05, 0) is 19.4 Å². The zero-order chi connectivity index (χ0) is 15.7. The summed E-state index contributed by atoms with van der Waals surface area (Å²) in [5.41, 5.74) is 1.11. The predicted octanol–water partition coefficient (Wildman–Crippen LogP) is 3.12. The van der Waals surface area contributed by atoms with Crippen LogP contribution < -0.4 is 14.8 Å². The maximum Gasteiger partial charge on any atom is 0.127 e. The lowest BCUT2D eigenvalue weighted by Crippen LogP contribution is -2.22. The number of benzene rings is 1. The van der Waals surface area contributed by atoms with E-state index in [1.54, 1.807) is 6.92 Å². The van der Waals surface area contributed by atoms with E-state index in [0.29, 0.717) is 25.7 Å². The Morgan fingerprint density at radius 1 is 1.14 bits per heavy atom. The number of hydrogen-bond donors (Lipinski definition) is 2. The first kappa shape index (κ1) is 17.8. The minimum absolute atomic E-state index is 0.346. The summed E-state index contributed by atoms with van der Waals surface area (Å²) in [6, 6.07) is 6.38. The molecule has 0 saturated carbocycles. The number of aliphatic hydroxyl groups is 1. The summed E-state index contributed by atoms with van der Waals surface area (Å²) in [7, 11) is 0. The van der Waals surface area contributed by atoms with Crippen molar-refractivity contribution in [1.29, 1.82) is 0 Å². The summed E-state index contributed by atoms with van der Waals surface area (Å²) < 4.78 is 11.5. The third-order valence-electron chi connectivity index (χ3n) is 3.01. The van der Waals surface area contributed by atoms with Crippen LogP contribution in [0.2, 0.25) is 0 Å². The number of aliphatic hydroxyl groups excluding tert-OH is 1. The fraction of sp³-hybridized carbons (Fsp3) is 0.647. The first-order valence-electron chi connectivity index (χ1n) is 7.83. The van der Waals surface area contributed by atoms with E-state index in [9.17, 15) is 5.11 Å². The molecule has 4 heteroatoms. The number of rotatable bonds is 10. The smallest absolute Gasteiger partial charge is 0.127 e. The maximum absolute atomic E-state index is 9.33. The summed E-state index contributed by atoms with van der Waals surface area (Å²) in [6.07, 6.45) is 1.26. The van der Waals surface area contributed by atoms with E-state index in [2.05, 4.69) is 26.1 Å². The van der Waals surface area contributed by atoms with Gasteiger partial charge in [-0.3, -0.25) is 0 Å². The molecule has 0 radical (unpaired) electrons. The van der Waals surface area contributed by atoms with E-state index in [0.717, 1.165) is 30.0 Å². The van der Waals surface area contributed by atoms with E-state index in [1.165, 1.54) is 0 Å². The Kier molecular flexibility index (Phi) is 8.16. The van der Waals surface area contributed by atoms with Crippen molar-refractivity contribution in [3.05, 3.63) is 23.8 Å². The Bertz CT molecular complexity index is 405. The molecule has 21 heavy (non-hydrogen) atoms. The van der Waals surface area contributed by atoms with Crippen molar-refractivity contribution in [1.82, 2.24) is 5.32 Å². The van der Waals surface area contributed by atoms with Crippen molar-refractivity contribution in [2.24, 2.45) is 0 Å². The van der Waals surface area contributed by atoms with Crippen LogP contribution in [-0.2, 0) is 6.54 Å². The van der Waals surface area contributed by atoms with Crippen LogP contribution in [0.3, 0.4) is 0 Å². The van der Waals surface area contributed by atoms with Gasteiger partial charge in [-0.2, -0.15) is 0 Å². The second-order valence-corrected chi connectivity index (χ2v) is 5.64. The Balaban J connectivity index is 2.73. The Labute approximate surface area is 128 Å². The van der Waals surface area contributed by atoms with Crippen LogP contribution in [0.5, 0.6) is 11.5 Å². The van der Waals surface area contributed by atoms with Crippen molar-refractivity contribution in [3.63, 3.8) is 0 Å². The molecule has 0 aliphatic heterocycles. The van der Waals surface area contributed by atoms with Crippen LogP contribution in [0, 0.1) is 0 Å². The molecule has 0 bridgehead atoms. The molecule has 120 valence electrons. The first-order chi connectivity index (χ1) is 10.0. The van der Waals surface area contributed by atoms with Gasteiger partial charge in [0.05, 0.1) is 19.3 Å². The molecule has 1 atom stereocenters. The SMILES string of the molecule is CCCOc1ccc(CNC(C)C)c(OCCC(C)O)c1. The van der Waals surface area contributed by atoms with Gasteiger partial charge >= 0.3 is 0 Å². The highest BCUT2D eigenvalue weighted by Gasteiger charge is 2.08. The molecular weight excluding hydrogens is 266 g/mol. The molecule has 0 saturated heterocycles. The molecule has 2 N–H and O–H groups in total. The predicted molar refractivity (Wildman–Crippen MR) is 86.0 cm³/mol. The van der Waals surface area contributed by atoms with Crippen LogP contribution in [0.25, 0.3) is 0 Å². The average molecular weight is 295 g/mol. The van der Waals surface area contributed by atoms with Gasteiger partial charge in [0.1, 0.15) is 11.5 Å². The summed E-state index contributed by atoms with van der Waals surface area (Å²) in [5, 5.41) is 12.7. The van der Waals surface area contributed by atoms with E-state index < -0.39 is 0 Å². The highest BCUT2D eigenvalue weighted by molar-refractivity contribution is 5.40. The van der Waals surface area contributed by atoms with Crippen molar-refractivity contribution in [3.8, 4) is 11.5 Å². The van der Waals surface area contributed by atoms with Gasteiger partial charge in [0.15, 0.2) is 0 Å². The number of ether oxygens (including phenoxy) is 2. The molecule has 0 aliphatic carbocycles. The molecule has 0 aromatic heterocycles. The van der Waals surface area contributed by atoms with Gasteiger partial charge in [-0.15, -0.1) is 0 Å². The van der Waals surface area contributed by atoms with Crippen LogP contribution in [0.1, 0.15) is 46.1 Å². The number of nitrogens with one attached hydrogen (secondary N) is 1. The lowest BCUT2D eigenvalue weighted by atomic mass is 10.1. The molecule has 1 aromatic rings. The minimum atomic E-state index is -0.346. The van der Waals surface area contributed by atoms with E-state index in [-0.39, 0.29) is 6.10 Å². The second-order valence-electron chi connectivity index (χ2n) is 5.64. The zero-order valence-corrected chi connectivity index (χ0v) is 13.7. The minimum Gasteiger partial charge on any atom is -0.493 e. The maximum atomic E-state index is 9.33. The second kappa shape index (κ2) is 9.64. The third-order valence-corrected chi connectivity index (χ3v) is 3.01. The van der Waals surface area contributed by atoms with E-state index in [1.807, 2.05) is 18.2 Å². The Morgan fingerprint density at radius 2 is 1.90 bits per heavy atom. The first-order valence-corrected chi connectivity index (χ1v) is 7.83. The molecule has 1 aromatic carbocycles. The van der Waals surface area contributed by atoms with Gasteiger partial charge in [0, 0.05) is 30.6 Å². The standard InChI is InChI=1S/C17H29NO3/c1-5-9-20-16-7-6-15(12-18-13(2)3)17(11-16)21-10-8-14(4)19/h6-7,11,13-14,18-19H,5,8-10,12H2,1-4H3. The lowest BCUT2D eigenvalue weighted by Gasteiger charge is -2.16. The van der Waals surface area contributed by atoms with Crippen molar-refractivity contribution in [2.45, 2.75) is 59.2 Å². The van der Waals surface area contributed by atoms with Crippen LogP contribution >= 0.6 is 0 Å². The van der Waals surface area contributed by atoms with Crippen LogP contribution in [-0.4, -0.2) is 30.5 Å². The van der Waals surface area contributed by atoms with Gasteiger partial charge in [0.25, 0.3) is 0 Å². The molecule has 0 heterocycles. The molecule has 0 amide bonds. The monoisotopic (exact) mass is 295 g/mol. The van der Waals surface area contributed by atoms with Gasteiger partial charge < -0.3 is 19.9 Å². The summed E-state index contributed by atoms with van der Waals surface area (Å²) >= 11 is 0. The zero-order valence-electron chi connectivity index (χ0n) is 13.7. The van der Waals surface area contributed by atoms with Crippen molar-refractivity contribution in [2.75, 3.05) is 13.2 Å². The fourth-order valence-corrected chi connectivity index (χ4v) is 1.78. The van der Waals surface area contributed by atoms with Gasteiger partial charge in [0.2, 0.25) is 0 Å². The average Bonchev–Trinajstić information content (AvgIpc) is 2.43. The van der Waals surface area contributed by atoms with Crippen LogP contribution in [0.15, 0.2) is 18.2 Å². The quantitative estimate of drug-likeness (QED) is 0.696. The van der Waals surface area contributed by atoms with E-state index >= 15 is 0 Å². The molecule has 0 spiro atoms. The van der Waals surface area contributed by atoms with Gasteiger partial charge in [-0.1, -0.05) is 26.8 Å². The van der Waals surface area contributed by atoms with Crippen molar-refractivity contribution >= 4 is 0 Å². The largest absolute Gasteiger partial charge is 0.493 e. The molecule has 1 unspecified atom stereocenters. The summed E-state index contributed by atoms with van der Waals surface area (Å²) in [5.74, 6) is 1.66. The van der Waals surface area contributed by atoms with Gasteiger partial charge in [-0.25, -0.2) is 0 Å². The van der Waals surface area contributed by atoms with Crippen LogP contribution in [0.4, 0.5) is 0 Å². The third kappa shape index (κ3) is 7.34. The summed E-state index contributed by atoms with van der Waals surface area (Å²) in [4.78, 5) is 0. The molecule has 0 fully saturated rings. The lowest BCUT2D eigenvalue weighted by molar-refractivity contribution is 0.155. The highest BCUT2D eigenvalue weighted by Crippen LogP contribution is 2.25. The Morgan fingerprint density at radius 3 is 2.52 bits per heavy atom. The molecule has 1 rings (SSSR count). The number of hydrogen-bond acceptors (Lipinski definition) is 4. The molecule has 4 nitrogen and oxygen atoms in total. The summed E-state index contributed by atoms with van der Waals surface area (Å²) in [6.45, 7) is 10.1. The highest BCUT2D eigenvalue weighted by atomic mass is 16.5.